The van der Waals surface area contributed by atoms with Crippen LogP contribution in [0.4, 0.5) is 0 Å². The van der Waals surface area contributed by atoms with E-state index in [4.69, 9.17) is 0 Å². The van der Waals surface area contributed by atoms with Crippen LogP contribution in [0.2, 0.25) is 0 Å². The van der Waals surface area contributed by atoms with Crippen molar-refractivity contribution in [1.82, 2.24) is 9.78 Å². The Kier molecular flexibility index (Phi) is 3.47. The third kappa shape index (κ3) is 2.30. The number of aromatic nitrogens is 2. The lowest BCUT2D eigenvalue weighted by molar-refractivity contribution is 0.432. The summed E-state index contributed by atoms with van der Waals surface area (Å²) in [6, 6.07) is 2.20. The number of halogens is 1. The molecule has 1 aliphatic rings. The van der Waals surface area contributed by atoms with E-state index in [1.54, 1.807) is 0 Å². The normalized spacial score (nSPS) is 21.0. The number of nitrogens with zero attached hydrogens (tertiary/aromatic N) is 2. The van der Waals surface area contributed by atoms with Crippen LogP contribution < -0.4 is 0 Å². The molecule has 0 aliphatic heterocycles. The highest BCUT2D eigenvalue weighted by atomic mass is 127. The van der Waals surface area contributed by atoms with Crippen LogP contribution in [0.5, 0.6) is 0 Å². The highest BCUT2D eigenvalue weighted by molar-refractivity contribution is 14.1. The second-order valence-corrected chi connectivity index (χ2v) is 5.93. The van der Waals surface area contributed by atoms with Crippen molar-refractivity contribution in [2.24, 2.45) is 0 Å². The van der Waals surface area contributed by atoms with E-state index in [1.165, 1.54) is 37.8 Å². The second-order valence-electron chi connectivity index (χ2n) is 4.13. The SMILES string of the molecule is CC(I)n1ccc(C2CCCCC2)n1. The van der Waals surface area contributed by atoms with Crippen LogP contribution in [0, 0.1) is 0 Å². The van der Waals surface area contributed by atoms with E-state index in [9.17, 15) is 0 Å². The quantitative estimate of drug-likeness (QED) is 0.599. The molecule has 0 spiro atoms. The lowest BCUT2D eigenvalue weighted by Crippen LogP contribution is -2.06. The predicted octanol–water partition coefficient (Wildman–Crippen LogP) is 3.88. The predicted molar refractivity (Wildman–Crippen MR) is 66.8 cm³/mol. The fourth-order valence-electron chi connectivity index (χ4n) is 2.17. The van der Waals surface area contributed by atoms with E-state index in [2.05, 4.69) is 51.6 Å². The van der Waals surface area contributed by atoms with Gasteiger partial charge in [-0.3, -0.25) is 4.68 Å². The van der Waals surface area contributed by atoms with E-state index in [0.717, 1.165) is 5.92 Å². The fraction of sp³-hybridized carbons (Fsp3) is 0.727. The number of rotatable bonds is 2. The van der Waals surface area contributed by atoms with Crippen molar-refractivity contribution in [3.05, 3.63) is 18.0 Å². The van der Waals surface area contributed by atoms with Crippen molar-refractivity contribution < 1.29 is 0 Å². The number of hydrogen-bond donors (Lipinski definition) is 0. The molecular weight excluding hydrogens is 287 g/mol. The van der Waals surface area contributed by atoms with Crippen molar-refractivity contribution in [3.8, 4) is 0 Å². The van der Waals surface area contributed by atoms with Gasteiger partial charge in [-0.2, -0.15) is 5.10 Å². The highest BCUT2D eigenvalue weighted by Gasteiger charge is 2.17. The summed E-state index contributed by atoms with van der Waals surface area (Å²) in [7, 11) is 0. The Morgan fingerprint density at radius 3 is 2.71 bits per heavy atom. The summed E-state index contributed by atoms with van der Waals surface area (Å²) in [6.07, 6.45) is 8.98. The number of hydrogen-bond acceptors (Lipinski definition) is 1. The van der Waals surface area contributed by atoms with E-state index >= 15 is 0 Å². The zero-order valence-corrected chi connectivity index (χ0v) is 10.8. The third-order valence-electron chi connectivity index (χ3n) is 3.02. The van der Waals surface area contributed by atoms with Crippen molar-refractivity contribution >= 4 is 22.6 Å². The van der Waals surface area contributed by atoms with Crippen LogP contribution in [0.3, 0.4) is 0 Å². The van der Waals surface area contributed by atoms with Gasteiger partial charge in [0, 0.05) is 12.1 Å². The van der Waals surface area contributed by atoms with Gasteiger partial charge in [0.1, 0.15) is 4.05 Å². The Bertz CT molecular complexity index is 287. The first-order valence-electron chi connectivity index (χ1n) is 5.46. The van der Waals surface area contributed by atoms with Crippen LogP contribution in [-0.4, -0.2) is 9.78 Å². The van der Waals surface area contributed by atoms with Gasteiger partial charge in [-0.25, -0.2) is 0 Å². The Hall–Kier alpha value is -0.0600. The van der Waals surface area contributed by atoms with Gasteiger partial charge in [0.05, 0.1) is 5.69 Å². The minimum Gasteiger partial charge on any atom is -0.260 e. The van der Waals surface area contributed by atoms with Gasteiger partial charge in [0.2, 0.25) is 0 Å². The third-order valence-corrected chi connectivity index (χ3v) is 3.59. The Balaban J connectivity index is 2.07. The van der Waals surface area contributed by atoms with E-state index < -0.39 is 0 Å². The maximum Gasteiger partial charge on any atom is 0.100 e. The van der Waals surface area contributed by atoms with Crippen LogP contribution >= 0.6 is 22.6 Å². The average molecular weight is 304 g/mol. The summed E-state index contributed by atoms with van der Waals surface area (Å²) in [5.74, 6) is 0.736. The average Bonchev–Trinajstić information content (AvgIpc) is 2.68. The smallest absolute Gasteiger partial charge is 0.100 e. The largest absolute Gasteiger partial charge is 0.260 e. The first-order chi connectivity index (χ1) is 6.77. The molecule has 1 saturated carbocycles. The Morgan fingerprint density at radius 2 is 2.14 bits per heavy atom. The molecule has 1 unspecified atom stereocenters. The van der Waals surface area contributed by atoms with Gasteiger partial charge in [0.25, 0.3) is 0 Å². The van der Waals surface area contributed by atoms with Crippen LogP contribution in [-0.2, 0) is 0 Å². The molecule has 14 heavy (non-hydrogen) atoms. The van der Waals surface area contributed by atoms with Crippen molar-refractivity contribution in [2.75, 3.05) is 0 Å². The highest BCUT2D eigenvalue weighted by Crippen LogP contribution is 2.31. The fourth-order valence-corrected chi connectivity index (χ4v) is 2.48. The second kappa shape index (κ2) is 4.64. The van der Waals surface area contributed by atoms with Crippen molar-refractivity contribution in [3.63, 3.8) is 0 Å². The molecule has 0 N–H and O–H groups in total. The molecule has 0 bridgehead atoms. The number of alkyl halides is 1. The maximum atomic E-state index is 4.64. The van der Waals surface area contributed by atoms with Crippen molar-refractivity contribution in [2.45, 2.75) is 49.0 Å². The molecule has 1 aromatic heterocycles. The van der Waals surface area contributed by atoms with Gasteiger partial charge >= 0.3 is 0 Å². The van der Waals surface area contributed by atoms with E-state index in [-0.39, 0.29) is 0 Å². The molecule has 0 radical (unpaired) electrons. The molecule has 1 heterocycles. The first kappa shape index (κ1) is 10.5. The lowest BCUT2D eigenvalue weighted by atomic mass is 9.87. The summed E-state index contributed by atoms with van der Waals surface area (Å²) >= 11 is 2.39. The molecule has 0 amide bonds. The van der Waals surface area contributed by atoms with E-state index in [0.29, 0.717) is 4.05 Å². The minimum absolute atomic E-state index is 0.463. The van der Waals surface area contributed by atoms with Gasteiger partial charge in [0.15, 0.2) is 0 Å². The summed E-state index contributed by atoms with van der Waals surface area (Å²) in [4.78, 5) is 0. The zero-order chi connectivity index (χ0) is 9.97. The monoisotopic (exact) mass is 304 g/mol. The molecule has 3 heteroatoms. The molecule has 1 atom stereocenters. The molecule has 0 aromatic carbocycles. The topological polar surface area (TPSA) is 17.8 Å². The summed E-state index contributed by atoms with van der Waals surface area (Å²) in [5, 5.41) is 4.64. The van der Waals surface area contributed by atoms with Crippen LogP contribution in [0.15, 0.2) is 12.3 Å². The maximum absolute atomic E-state index is 4.64. The zero-order valence-electron chi connectivity index (χ0n) is 8.62. The first-order valence-corrected chi connectivity index (χ1v) is 6.71. The molecular formula is C11H17IN2. The van der Waals surface area contributed by atoms with Gasteiger partial charge in [-0.05, 0) is 25.8 Å². The molecule has 2 rings (SSSR count). The molecule has 1 fully saturated rings. The minimum atomic E-state index is 0.463. The summed E-state index contributed by atoms with van der Waals surface area (Å²) < 4.78 is 2.52. The van der Waals surface area contributed by atoms with Gasteiger partial charge in [-0.15, -0.1) is 0 Å². The van der Waals surface area contributed by atoms with Crippen LogP contribution in [0.25, 0.3) is 0 Å². The summed E-state index contributed by atoms with van der Waals surface area (Å²) in [6.45, 7) is 2.16. The molecule has 2 nitrogen and oxygen atoms in total. The van der Waals surface area contributed by atoms with Crippen molar-refractivity contribution in [1.29, 1.82) is 0 Å². The summed E-state index contributed by atoms with van der Waals surface area (Å²) in [5.41, 5.74) is 1.31. The van der Waals surface area contributed by atoms with Gasteiger partial charge in [-0.1, -0.05) is 41.9 Å². The molecule has 78 valence electrons. The molecule has 1 aliphatic carbocycles. The van der Waals surface area contributed by atoms with E-state index in [1.807, 2.05) is 0 Å². The lowest BCUT2D eigenvalue weighted by Gasteiger charge is -2.19. The Labute approximate surface area is 99.2 Å². The molecule has 0 saturated heterocycles. The molecule has 1 aromatic rings. The standard InChI is InChI=1S/C11H17IN2/c1-9(12)14-8-7-11(13-14)10-5-3-2-4-6-10/h7-10H,2-6H2,1H3. The Morgan fingerprint density at radius 1 is 1.43 bits per heavy atom. The van der Waals surface area contributed by atoms with Gasteiger partial charge < -0.3 is 0 Å². The van der Waals surface area contributed by atoms with Crippen LogP contribution in [0.1, 0.15) is 54.7 Å².